The fourth-order valence-electron chi connectivity index (χ4n) is 5.97. The lowest BCUT2D eigenvalue weighted by atomic mass is 9.63. The lowest BCUT2D eigenvalue weighted by molar-refractivity contribution is -0.137. The molecule has 5 aliphatic rings. The van der Waals surface area contributed by atoms with Crippen molar-refractivity contribution >= 4 is 40.7 Å². The van der Waals surface area contributed by atoms with Crippen LogP contribution in [-0.4, -0.2) is 17.7 Å². The maximum atomic E-state index is 13.2. The summed E-state index contributed by atoms with van der Waals surface area (Å²) in [5.41, 5.74) is -0.569. The summed E-state index contributed by atoms with van der Waals surface area (Å²) in [5, 5.41) is 2.36. The Morgan fingerprint density at radius 3 is 2.09 bits per heavy atom. The van der Waals surface area contributed by atoms with Gasteiger partial charge < -0.3 is 5.32 Å². The van der Waals surface area contributed by atoms with E-state index in [1.807, 2.05) is 0 Å². The van der Waals surface area contributed by atoms with Gasteiger partial charge in [0.15, 0.2) is 0 Å². The molecular weight excluding hydrogens is 469 g/mol. The van der Waals surface area contributed by atoms with E-state index in [1.165, 1.54) is 29.2 Å². The average Bonchev–Trinajstić information content (AvgIpc) is 3.58. The summed E-state index contributed by atoms with van der Waals surface area (Å²) < 4.78 is 38.9. The third-order valence-corrected chi connectivity index (χ3v) is 7.92. The molecule has 1 heterocycles. The number of nitrogens with one attached hydrogen (secondary N) is 1. The van der Waals surface area contributed by atoms with Crippen molar-refractivity contribution in [2.75, 3.05) is 10.2 Å². The molecule has 9 heteroatoms. The van der Waals surface area contributed by atoms with Gasteiger partial charge in [-0.15, -0.1) is 0 Å². The smallest absolute Gasteiger partial charge is 0.321 e. The molecule has 0 unspecified atom stereocenters. The highest BCUT2D eigenvalue weighted by atomic mass is 35.5. The van der Waals surface area contributed by atoms with E-state index in [1.54, 1.807) is 0 Å². The molecule has 2 bridgehead atoms. The van der Waals surface area contributed by atoms with Crippen LogP contribution in [0.25, 0.3) is 0 Å². The number of carbonyl (C=O) groups is 3. The Kier molecular flexibility index (Phi) is 4.52. The normalized spacial score (nSPS) is 30.9. The minimum atomic E-state index is -4.58. The number of imide groups is 1. The van der Waals surface area contributed by atoms with Gasteiger partial charge in [-0.1, -0.05) is 23.8 Å². The number of hydrogen-bond acceptors (Lipinski definition) is 3. The van der Waals surface area contributed by atoms with E-state index in [2.05, 4.69) is 17.5 Å². The highest BCUT2D eigenvalue weighted by Gasteiger charge is 2.67. The van der Waals surface area contributed by atoms with Crippen molar-refractivity contribution in [3.05, 3.63) is 70.8 Å². The highest BCUT2D eigenvalue weighted by Crippen LogP contribution is 2.65. The summed E-state index contributed by atoms with van der Waals surface area (Å²) in [6, 6.07) is 8.54. The molecule has 6 atom stereocenters. The molecule has 1 aliphatic heterocycles. The topological polar surface area (TPSA) is 66.5 Å². The zero-order valence-corrected chi connectivity index (χ0v) is 18.3. The number of hydrogen-bond donors (Lipinski definition) is 1. The van der Waals surface area contributed by atoms with Gasteiger partial charge in [0.2, 0.25) is 11.8 Å². The van der Waals surface area contributed by atoms with Crippen LogP contribution in [0.3, 0.4) is 0 Å². The fourth-order valence-corrected chi connectivity index (χ4v) is 6.13. The molecule has 3 amide bonds. The van der Waals surface area contributed by atoms with Crippen molar-refractivity contribution in [1.82, 2.24) is 0 Å². The maximum Gasteiger partial charge on any atom is 0.416 e. The van der Waals surface area contributed by atoms with Gasteiger partial charge >= 0.3 is 6.18 Å². The second-order valence-corrected chi connectivity index (χ2v) is 9.77. The first-order valence-corrected chi connectivity index (χ1v) is 11.4. The van der Waals surface area contributed by atoms with Crippen LogP contribution in [0.4, 0.5) is 24.5 Å². The monoisotopic (exact) mass is 486 g/mol. The maximum absolute atomic E-state index is 13.2. The van der Waals surface area contributed by atoms with Gasteiger partial charge in [0.05, 0.1) is 33.8 Å². The molecule has 4 aliphatic carbocycles. The molecule has 174 valence electrons. The Hall–Kier alpha value is -3.13. The Balaban J connectivity index is 1.22. The first kappa shape index (κ1) is 21.4. The van der Waals surface area contributed by atoms with Crippen molar-refractivity contribution in [2.24, 2.45) is 35.5 Å². The van der Waals surface area contributed by atoms with E-state index in [4.69, 9.17) is 11.6 Å². The lowest BCUT2D eigenvalue weighted by Gasteiger charge is -2.37. The average molecular weight is 487 g/mol. The fraction of sp³-hybridized carbons (Fsp3) is 0.320. The number of anilines is 2. The van der Waals surface area contributed by atoms with Gasteiger partial charge in [-0.05, 0) is 72.6 Å². The van der Waals surface area contributed by atoms with Crippen LogP contribution in [0.1, 0.15) is 22.3 Å². The zero-order chi connectivity index (χ0) is 23.9. The van der Waals surface area contributed by atoms with Crippen molar-refractivity contribution in [3.8, 4) is 0 Å². The molecule has 34 heavy (non-hydrogen) atoms. The quantitative estimate of drug-likeness (QED) is 0.481. The standard InChI is InChI=1S/C25H18ClF3N2O3/c26-18-8-3-12(25(27,28)29)9-19(18)30-22(32)11-1-4-13(5-2-11)31-23(33)20-14-6-7-15(17-10-16(14)17)21(20)24(31)34/h1-9,14-17,20-21H,10H2,(H,30,32)/t14-,15-,16-,17-,20-,21+/m0/s1. The number of allylic oxidation sites excluding steroid dienone is 2. The molecule has 3 fully saturated rings. The van der Waals surface area contributed by atoms with Crippen molar-refractivity contribution in [3.63, 3.8) is 0 Å². The van der Waals surface area contributed by atoms with E-state index in [0.717, 1.165) is 24.6 Å². The minimum Gasteiger partial charge on any atom is -0.321 e. The van der Waals surface area contributed by atoms with Crippen LogP contribution in [0.15, 0.2) is 54.6 Å². The van der Waals surface area contributed by atoms with Crippen LogP contribution < -0.4 is 10.2 Å². The van der Waals surface area contributed by atoms with Gasteiger partial charge in [-0.3, -0.25) is 19.3 Å². The third kappa shape index (κ3) is 3.11. The van der Waals surface area contributed by atoms with Gasteiger partial charge in [0, 0.05) is 5.56 Å². The number of nitrogens with zero attached hydrogens (tertiary/aromatic N) is 1. The number of halogens is 4. The molecule has 2 aromatic rings. The van der Waals surface area contributed by atoms with E-state index >= 15 is 0 Å². The molecule has 1 saturated heterocycles. The summed E-state index contributed by atoms with van der Waals surface area (Å²) in [6.07, 6.45) is 0.699. The summed E-state index contributed by atoms with van der Waals surface area (Å²) in [5.74, 6) is -0.478. The number of amides is 3. The van der Waals surface area contributed by atoms with E-state index in [0.29, 0.717) is 17.5 Å². The van der Waals surface area contributed by atoms with Crippen LogP contribution >= 0.6 is 11.6 Å². The molecule has 0 spiro atoms. The predicted molar refractivity (Wildman–Crippen MR) is 118 cm³/mol. The van der Waals surface area contributed by atoms with Gasteiger partial charge in [0.25, 0.3) is 5.91 Å². The number of alkyl halides is 3. The van der Waals surface area contributed by atoms with Crippen LogP contribution in [0.2, 0.25) is 5.02 Å². The molecule has 2 aromatic carbocycles. The van der Waals surface area contributed by atoms with Crippen molar-refractivity contribution in [1.29, 1.82) is 0 Å². The van der Waals surface area contributed by atoms with Crippen LogP contribution in [0.5, 0.6) is 0 Å². The van der Waals surface area contributed by atoms with Crippen molar-refractivity contribution in [2.45, 2.75) is 12.6 Å². The highest BCUT2D eigenvalue weighted by molar-refractivity contribution is 6.34. The molecule has 0 aromatic heterocycles. The van der Waals surface area contributed by atoms with E-state index in [9.17, 15) is 27.6 Å². The molecule has 2 saturated carbocycles. The first-order chi connectivity index (χ1) is 16.1. The van der Waals surface area contributed by atoms with Gasteiger partial charge in [0.1, 0.15) is 0 Å². The van der Waals surface area contributed by atoms with Crippen LogP contribution in [0, 0.1) is 35.5 Å². The summed E-state index contributed by atoms with van der Waals surface area (Å²) in [6.45, 7) is 0. The van der Waals surface area contributed by atoms with E-state index < -0.39 is 17.6 Å². The zero-order valence-electron chi connectivity index (χ0n) is 17.6. The summed E-state index contributed by atoms with van der Waals surface area (Å²) in [7, 11) is 0. The largest absolute Gasteiger partial charge is 0.416 e. The molecule has 1 N–H and O–H groups in total. The number of rotatable bonds is 3. The molecule has 7 rings (SSSR count). The Bertz CT molecular complexity index is 1240. The number of benzene rings is 2. The summed E-state index contributed by atoms with van der Waals surface area (Å²) >= 11 is 5.95. The second kappa shape index (κ2) is 7.18. The van der Waals surface area contributed by atoms with Gasteiger partial charge in [-0.25, -0.2) is 0 Å². The molecular formula is C25H18ClF3N2O3. The van der Waals surface area contributed by atoms with Gasteiger partial charge in [-0.2, -0.15) is 13.2 Å². The molecule has 0 radical (unpaired) electrons. The van der Waals surface area contributed by atoms with Crippen LogP contribution in [-0.2, 0) is 15.8 Å². The lowest BCUT2D eigenvalue weighted by Crippen LogP contribution is -2.40. The third-order valence-electron chi connectivity index (χ3n) is 7.59. The minimum absolute atomic E-state index is 0.0323. The second-order valence-electron chi connectivity index (χ2n) is 9.36. The van der Waals surface area contributed by atoms with E-state index in [-0.39, 0.29) is 51.8 Å². The Morgan fingerprint density at radius 1 is 0.941 bits per heavy atom. The Morgan fingerprint density at radius 2 is 1.53 bits per heavy atom. The predicted octanol–water partition coefficient (Wildman–Crippen LogP) is 5.17. The summed E-state index contributed by atoms with van der Waals surface area (Å²) in [4.78, 5) is 40.2. The first-order valence-electron chi connectivity index (χ1n) is 11.0. The number of carbonyl (C=O) groups excluding carboxylic acids is 3. The van der Waals surface area contributed by atoms with Crippen molar-refractivity contribution < 1.29 is 27.6 Å². The SMILES string of the molecule is O=C(Nc1cc(C(F)(F)F)ccc1Cl)c1ccc(N2C(=O)[C@@H]3[C@H]4C=C[C@@H]([C@@H]5C[C@@H]45)[C@@H]3C2=O)cc1. The molecule has 5 nitrogen and oxygen atoms in total. The Labute approximate surface area is 197 Å².